The number of likely N-dealkylation sites (tertiary alicyclic amines) is 1. The van der Waals surface area contributed by atoms with E-state index in [1.165, 1.54) is 12.8 Å². The van der Waals surface area contributed by atoms with E-state index in [9.17, 15) is 0 Å². The average Bonchev–Trinajstić information content (AvgIpc) is 2.36. The van der Waals surface area contributed by atoms with Gasteiger partial charge in [0.15, 0.2) is 0 Å². The normalized spacial score (nSPS) is 18.2. The van der Waals surface area contributed by atoms with Gasteiger partial charge in [-0.05, 0) is 57.7 Å². The lowest BCUT2D eigenvalue weighted by Crippen LogP contribution is -2.41. The van der Waals surface area contributed by atoms with Crippen molar-refractivity contribution in [3.8, 4) is 0 Å². The fraction of sp³-hybridized carbons (Fsp3) is 0.571. The monoisotopic (exact) mass is 301 g/mol. The summed E-state index contributed by atoms with van der Waals surface area (Å²) in [4.78, 5) is 4.76. The van der Waals surface area contributed by atoms with Crippen LogP contribution in [0, 0.1) is 0 Å². The summed E-state index contributed by atoms with van der Waals surface area (Å²) >= 11 is 12.1. The topological polar surface area (TPSA) is 32.5 Å². The molecule has 2 rings (SSSR count). The second-order valence-electron chi connectivity index (χ2n) is 5.44. The molecule has 0 aromatic heterocycles. The maximum atomic E-state index is 6.07. The molecule has 0 unspecified atom stereocenters. The molecule has 1 fully saturated rings. The first kappa shape index (κ1) is 14.9. The standard InChI is InChI=1S/C14H21Cl2N3/c1-18(2)11-3-5-19(6-4-11)9-10-7-12(15)14(17)13(16)8-10/h7-8,11H,3-6,9,17H2,1-2H3. The second-order valence-corrected chi connectivity index (χ2v) is 6.26. The Bertz CT molecular complexity index is 417. The Labute approximate surface area is 125 Å². The zero-order valence-corrected chi connectivity index (χ0v) is 13.0. The molecular formula is C14H21Cl2N3. The largest absolute Gasteiger partial charge is 0.396 e. The van der Waals surface area contributed by atoms with Gasteiger partial charge in [0.1, 0.15) is 0 Å². The van der Waals surface area contributed by atoms with E-state index in [-0.39, 0.29) is 0 Å². The molecule has 0 saturated carbocycles. The van der Waals surface area contributed by atoms with E-state index >= 15 is 0 Å². The van der Waals surface area contributed by atoms with E-state index in [0.29, 0.717) is 21.8 Å². The highest BCUT2D eigenvalue weighted by atomic mass is 35.5. The summed E-state index contributed by atoms with van der Waals surface area (Å²) in [6.45, 7) is 3.12. The second kappa shape index (κ2) is 6.31. The molecule has 1 heterocycles. The number of anilines is 1. The summed E-state index contributed by atoms with van der Waals surface area (Å²) in [5, 5.41) is 1.09. The van der Waals surface area contributed by atoms with Crippen molar-refractivity contribution in [1.82, 2.24) is 9.80 Å². The van der Waals surface area contributed by atoms with Crippen molar-refractivity contribution >= 4 is 28.9 Å². The molecule has 0 amide bonds. The van der Waals surface area contributed by atoms with Crippen molar-refractivity contribution in [3.63, 3.8) is 0 Å². The van der Waals surface area contributed by atoms with E-state index < -0.39 is 0 Å². The molecule has 2 N–H and O–H groups in total. The quantitative estimate of drug-likeness (QED) is 0.871. The van der Waals surface area contributed by atoms with Crippen LogP contribution in [-0.2, 0) is 6.54 Å². The van der Waals surface area contributed by atoms with E-state index in [2.05, 4.69) is 23.9 Å². The van der Waals surface area contributed by atoms with Crippen molar-refractivity contribution in [1.29, 1.82) is 0 Å². The van der Waals surface area contributed by atoms with Crippen LogP contribution in [-0.4, -0.2) is 43.0 Å². The fourth-order valence-corrected chi connectivity index (χ4v) is 3.11. The zero-order valence-electron chi connectivity index (χ0n) is 11.5. The van der Waals surface area contributed by atoms with Crippen LogP contribution in [0.25, 0.3) is 0 Å². The summed E-state index contributed by atoms with van der Waals surface area (Å²) < 4.78 is 0. The molecule has 3 nitrogen and oxygen atoms in total. The van der Waals surface area contributed by atoms with E-state index in [0.717, 1.165) is 25.2 Å². The number of hydrogen-bond acceptors (Lipinski definition) is 3. The lowest BCUT2D eigenvalue weighted by atomic mass is 10.0. The van der Waals surface area contributed by atoms with Crippen LogP contribution in [0.2, 0.25) is 10.0 Å². The van der Waals surface area contributed by atoms with Gasteiger partial charge in [-0.3, -0.25) is 4.90 Å². The minimum absolute atomic E-state index is 0.471. The SMILES string of the molecule is CN(C)C1CCN(Cc2cc(Cl)c(N)c(Cl)c2)CC1. The van der Waals surface area contributed by atoms with Crippen LogP contribution in [0.5, 0.6) is 0 Å². The van der Waals surface area contributed by atoms with Crippen LogP contribution < -0.4 is 5.73 Å². The van der Waals surface area contributed by atoms with Gasteiger partial charge in [-0.25, -0.2) is 0 Å². The molecule has 1 saturated heterocycles. The molecule has 0 spiro atoms. The number of nitrogen functional groups attached to an aromatic ring is 1. The predicted octanol–water partition coefficient (Wildman–Crippen LogP) is 3.10. The van der Waals surface area contributed by atoms with Gasteiger partial charge in [0, 0.05) is 12.6 Å². The summed E-state index contributed by atoms with van der Waals surface area (Å²) in [6.07, 6.45) is 2.42. The van der Waals surface area contributed by atoms with Crippen molar-refractivity contribution in [2.24, 2.45) is 0 Å². The molecule has 0 bridgehead atoms. The molecule has 1 aliphatic rings. The van der Waals surface area contributed by atoms with E-state index in [4.69, 9.17) is 28.9 Å². The molecule has 5 heteroatoms. The number of piperidine rings is 1. The van der Waals surface area contributed by atoms with Crippen LogP contribution >= 0.6 is 23.2 Å². The minimum Gasteiger partial charge on any atom is -0.396 e. The molecule has 0 aliphatic carbocycles. The third-order valence-electron chi connectivity index (χ3n) is 3.83. The van der Waals surface area contributed by atoms with Crippen LogP contribution in [0.3, 0.4) is 0 Å². The summed E-state index contributed by atoms with van der Waals surface area (Å²) in [5.74, 6) is 0. The molecule has 1 aromatic carbocycles. The molecule has 19 heavy (non-hydrogen) atoms. The molecule has 0 atom stereocenters. The third kappa shape index (κ3) is 3.76. The molecule has 1 aromatic rings. The smallest absolute Gasteiger partial charge is 0.0693 e. The minimum atomic E-state index is 0.471. The first-order valence-electron chi connectivity index (χ1n) is 6.59. The number of halogens is 2. The highest BCUT2D eigenvalue weighted by molar-refractivity contribution is 6.38. The molecule has 106 valence electrons. The summed E-state index contributed by atoms with van der Waals surface area (Å²) in [5.41, 5.74) is 7.36. The Morgan fingerprint density at radius 3 is 2.21 bits per heavy atom. The van der Waals surface area contributed by atoms with Crippen molar-refractivity contribution < 1.29 is 0 Å². The van der Waals surface area contributed by atoms with Crippen LogP contribution in [0.15, 0.2) is 12.1 Å². The first-order chi connectivity index (χ1) is 8.97. The van der Waals surface area contributed by atoms with Gasteiger partial charge in [-0.1, -0.05) is 23.2 Å². The highest BCUT2D eigenvalue weighted by Gasteiger charge is 2.20. The van der Waals surface area contributed by atoms with Crippen molar-refractivity contribution in [2.45, 2.75) is 25.4 Å². The Kier molecular flexibility index (Phi) is 4.96. The Hall–Kier alpha value is -0.480. The van der Waals surface area contributed by atoms with Gasteiger partial charge in [-0.2, -0.15) is 0 Å². The Morgan fingerprint density at radius 2 is 1.74 bits per heavy atom. The van der Waals surface area contributed by atoms with Gasteiger partial charge in [0.25, 0.3) is 0 Å². The molecular weight excluding hydrogens is 281 g/mol. The van der Waals surface area contributed by atoms with Crippen molar-refractivity contribution in [3.05, 3.63) is 27.7 Å². The lowest BCUT2D eigenvalue weighted by molar-refractivity contribution is 0.140. The highest BCUT2D eigenvalue weighted by Crippen LogP contribution is 2.29. The maximum Gasteiger partial charge on any atom is 0.0693 e. The number of hydrogen-bond donors (Lipinski definition) is 1. The van der Waals surface area contributed by atoms with E-state index in [1.54, 1.807) is 0 Å². The number of nitrogens with two attached hydrogens (primary N) is 1. The van der Waals surface area contributed by atoms with Crippen LogP contribution in [0.4, 0.5) is 5.69 Å². The number of rotatable bonds is 3. The fourth-order valence-electron chi connectivity index (χ4n) is 2.58. The van der Waals surface area contributed by atoms with Crippen LogP contribution in [0.1, 0.15) is 18.4 Å². The lowest BCUT2D eigenvalue weighted by Gasteiger charge is -2.35. The first-order valence-corrected chi connectivity index (χ1v) is 7.35. The van der Waals surface area contributed by atoms with Gasteiger partial charge < -0.3 is 10.6 Å². The Balaban J connectivity index is 1.96. The Morgan fingerprint density at radius 1 is 1.21 bits per heavy atom. The zero-order chi connectivity index (χ0) is 14.0. The number of benzene rings is 1. The van der Waals surface area contributed by atoms with Gasteiger partial charge >= 0.3 is 0 Å². The van der Waals surface area contributed by atoms with E-state index in [1.807, 2.05) is 12.1 Å². The predicted molar refractivity (Wildman–Crippen MR) is 82.9 cm³/mol. The third-order valence-corrected chi connectivity index (χ3v) is 4.46. The van der Waals surface area contributed by atoms with Gasteiger partial charge in [0.2, 0.25) is 0 Å². The molecule has 1 aliphatic heterocycles. The maximum absolute atomic E-state index is 6.07. The van der Waals surface area contributed by atoms with Gasteiger partial charge in [0.05, 0.1) is 15.7 Å². The number of nitrogens with zero attached hydrogens (tertiary/aromatic N) is 2. The summed E-state index contributed by atoms with van der Waals surface area (Å²) in [7, 11) is 4.31. The van der Waals surface area contributed by atoms with Crippen molar-refractivity contribution in [2.75, 3.05) is 32.9 Å². The average molecular weight is 302 g/mol. The van der Waals surface area contributed by atoms with Gasteiger partial charge in [-0.15, -0.1) is 0 Å². The summed E-state index contributed by atoms with van der Waals surface area (Å²) in [6, 6.07) is 4.54. The molecule has 0 radical (unpaired) electrons.